The molecule has 0 aliphatic heterocycles. The highest BCUT2D eigenvalue weighted by atomic mass is 35.5. The van der Waals surface area contributed by atoms with Gasteiger partial charge in [0.15, 0.2) is 11.0 Å². The highest BCUT2D eigenvalue weighted by Gasteiger charge is 2.33. The standard InChI is InChI=1S/C24H23Cl2NO5/c1-13-8-17(22-12-20(28)16-4-2-5-18(25)23(16)32-22)21(11-19(13)26)31-7-3-6-27-15-9-14(10-15)24(29)30/h2,4-5,8,11-12,14-15,27H,3,6-7,9-10H2,1H3,(H,29,30). The van der Waals surface area contributed by atoms with Gasteiger partial charge in [-0.05, 0) is 62.6 Å². The first-order valence-electron chi connectivity index (χ1n) is 10.5. The van der Waals surface area contributed by atoms with E-state index in [1.807, 2.05) is 13.0 Å². The molecular formula is C24H23Cl2NO5. The molecule has 0 unspecified atom stereocenters. The Morgan fingerprint density at radius 1 is 1.22 bits per heavy atom. The van der Waals surface area contributed by atoms with E-state index in [4.69, 9.17) is 37.5 Å². The number of para-hydroxylation sites is 1. The molecule has 0 amide bonds. The molecule has 1 aliphatic rings. The van der Waals surface area contributed by atoms with Crippen LogP contribution in [0.2, 0.25) is 10.0 Å². The second-order valence-corrected chi connectivity index (χ2v) is 8.86. The molecule has 6 nitrogen and oxygen atoms in total. The lowest BCUT2D eigenvalue weighted by molar-refractivity contribution is -0.145. The van der Waals surface area contributed by atoms with Crippen molar-refractivity contribution in [1.82, 2.24) is 5.32 Å². The van der Waals surface area contributed by atoms with Crippen LogP contribution < -0.4 is 15.5 Å². The summed E-state index contributed by atoms with van der Waals surface area (Å²) in [4.78, 5) is 23.5. The van der Waals surface area contributed by atoms with Crippen molar-refractivity contribution in [1.29, 1.82) is 0 Å². The van der Waals surface area contributed by atoms with Crippen LogP contribution >= 0.6 is 23.2 Å². The molecule has 168 valence electrons. The van der Waals surface area contributed by atoms with Crippen LogP contribution in [0.1, 0.15) is 24.8 Å². The molecule has 32 heavy (non-hydrogen) atoms. The summed E-state index contributed by atoms with van der Waals surface area (Å²) in [5, 5.41) is 13.6. The summed E-state index contributed by atoms with van der Waals surface area (Å²) >= 11 is 12.6. The van der Waals surface area contributed by atoms with Crippen molar-refractivity contribution in [3.05, 3.63) is 62.2 Å². The summed E-state index contributed by atoms with van der Waals surface area (Å²) < 4.78 is 12.0. The maximum absolute atomic E-state index is 12.6. The summed E-state index contributed by atoms with van der Waals surface area (Å²) in [6, 6.07) is 10.3. The van der Waals surface area contributed by atoms with Crippen LogP contribution in [-0.2, 0) is 4.79 Å². The minimum absolute atomic E-state index is 0.188. The van der Waals surface area contributed by atoms with Crippen LogP contribution in [0.15, 0.2) is 45.6 Å². The van der Waals surface area contributed by atoms with Crippen molar-refractivity contribution in [2.45, 2.75) is 32.2 Å². The predicted molar refractivity (Wildman–Crippen MR) is 125 cm³/mol. The van der Waals surface area contributed by atoms with Gasteiger partial charge in [-0.1, -0.05) is 29.3 Å². The molecule has 2 N–H and O–H groups in total. The molecule has 0 spiro atoms. The van der Waals surface area contributed by atoms with Crippen LogP contribution in [0.4, 0.5) is 0 Å². The fourth-order valence-electron chi connectivity index (χ4n) is 3.80. The monoisotopic (exact) mass is 475 g/mol. The van der Waals surface area contributed by atoms with E-state index in [-0.39, 0.29) is 17.4 Å². The van der Waals surface area contributed by atoms with Gasteiger partial charge in [0.1, 0.15) is 11.5 Å². The van der Waals surface area contributed by atoms with Crippen LogP contribution in [0.25, 0.3) is 22.3 Å². The molecular weight excluding hydrogens is 453 g/mol. The first kappa shape index (κ1) is 22.6. The number of carboxylic acid groups (broad SMARTS) is 1. The highest BCUT2D eigenvalue weighted by Crippen LogP contribution is 2.36. The van der Waals surface area contributed by atoms with E-state index >= 15 is 0 Å². The van der Waals surface area contributed by atoms with Gasteiger partial charge in [-0.15, -0.1) is 0 Å². The largest absolute Gasteiger partial charge is 0.493 e. The number of aliphatic carboxylic acids is 1. The van der Waals surface area contributed by atoms with E-state index in [1.54, 1.807) is 24.3 Å². The van der Waals surface area contributed by atoms with E-state index in [9.17, 15) is 9.59 Å². The molecule has 1 saturated carbocycles. The van der Waals surface area contributed by atoms with Crippen molar-refractivity contribution in [2.24, 2.45) is 5.92 Å². The normalized spacial score (nSPS) is 17.8. The van der Waals surface area contributed by atoms with Crippen LogP contribution in [0, 0.1) is 12.8 Å². The number of ether oxygens (including phenoxy) is 1. The molecule has 1 fully saturated rings. The second-order valence-electron chi connectivity index (χ2n) is 8.05. The van der Waals surface area contributed by atoms with Gasteiger partial charge in [0, 0.05) is 17.1 Å². The van der Waals surface area contributed by atoms with Gasteiger partial charge in [0.05, 0.1) is 28.5 Å². The van der Waals surface area contributed by atoms with E-state index in [2.05, 4.69) is 5.32 Å². The van der Waals surface area contributed by atoms with Gasteiger partial charge in [-0.25, -0.2) is 0 Å². The lowest BCUT2D eigenvalue weighted by Gasteiger charge is -2.33. The molecule has 1 aromatic heterocycles. The first-order valence-corrected chi connectivity index (χ1v) is 11.2. The van der Waals surface area contributed by atoms with E-state index < -0.39 is 5.97 Å². The second kappa shape index (κ2) is 9.53. The molecule has 0 radical (unpaired) electrons. The zero-order valence-corrected chi connectivity index (χ0v) is 19.0. The first-order chi connectivity index (χ1) is 15.3. The van der Waals surface area contributed by atoms with E-state index in [0.29, 0.717) is 64.1 Å². The summed E-state index contributed by atoms with van der Waals surface area (Å²) in [7, 11) is 0. The van der Waals surface area contributed by atoms with Crippen LogP contribution in [0.5, 0.6) is 5.75 Å². The number of benzene rings is 2. The Labute approximate surface area is 195 Å². The third kappa shape index (κ3) is 4.77. The Kier molecular flexibility index (Phi) is 6.74. The average Bonchev–Trinajstić information content (AvgIpc) is 2.71. The SMILES string of the molecule is Cc1cc(-c2cc(=O)c3cccc(Cl)c3o2)c(OCCCNC2CC(C(=O)O)C2)cc1Cl. The highest BCUT2D eigenvalue weighted by molar-refractivity contribution is 6.34. The van der Waals surface area contributed by atoms with Gasteiger partial charge >= 0.3 is 5.97 Å². The topological polar surface area (TPSA) is 88.8 Å². The van der Waals surface area contributed by atoms with E-state index in [0.717, 1.165) is 12.0 Å². The maximum atomic E-state index is 12.6. The van der Waals surface area contributed by atoms with Crippen molar-refractivity contribution in [3.8, 4) is 17.1 Å². The third-order valence-electron chi connectivity index (χ3n) is 5.73. The Morgan fingerprint density at radius 2 is 2.00 bits per heavy atom. The summed E-state index contributed by atoms with van der Waals surface area (Å²) in [5.74, 6) is -0.0784. The lowest BCUT2D eigenvalue weighted by atomic mass is 9.80. The fraction of sp³-hybridized carbons (Fsp3) is 0.333. The van der Waals surface area contributed by atoms with Crippen LogP contribution in [0.3, 0.4) is 0 Å². The Bertz CT molecular complexity index is 1220. The number of halogens is 2. The Morgan fingerprint density at radius 3 is 2.75 bits per heavy atom. The number of carbonyl (C=O) groups is 1. The summed E-state index contributed by atoms with van der Waals surface area (Å²) in [5.41, 5.74) is 1.60. The Hall–Kier alpha value is -2.54. The molecule has 0 atom stereocenters. The number of hydrogen-bond donors (Lipinski definition) is 2. The van der Waals surface area contributed by atoms with Crippen molar-refractivity contribution in [3.63, 3.8) is 0 Å². The third-order valence-corrected chi connectivity index (χ3v) is 6.44. The molecule has 1 heterocycles. The summed E-state index contributed by atoms with van der Waals surface area (Å²) in [6.07, 6.45) is 2.06. The van der Waals surface area contributed by atoms with E-state index in [1.165, 1.54) is 6.07 Å². The van der Waals surface area contributed by atoms with Gasteiger partial charge < -0.3 is 19.6 Å². The molecule has 2 aromatic carbocycles. The number of hydrogen-bond acceptors (Lipinski definition) is 5. The minimum atomic E-state index is -0.725. The predicted octanol–water partition coefficient (Wildman–Crippen LogP) is 5.30. The molecule has 8 heteroatoms. The maximum Gasteiger partial charge on any atom is 0.306 e. The molecule has 3 aromatic rings. The minimum Gasteiger partial charge on any atom is -0.493 e. The lowest BCUT2D eigenvalue weighted by Crippen LogP contribution is -2.44. The quantitative estimate of drug-likeness (QED) is 0.429. The number of rotatable bonds is 8. The fourth-order valence-corrected chi connectivity index (χ4v) is 4.16. The van der Waals surface area contributed by atoms with Crippen LogP contribution in [-0.4, -0.2) is 30.3 Å². The smallest absolute Gasteiger partial charge is 0.306 e. The van der Waals surface area contributed by atoms with Gasteiger partial charge in [0.2, 0.25) is 0 Å². The van der Waals surface area contributed by atoms with Crippen molar-refractivity contribution < 1.29 is 19.1 Å². The van der Waals surface area contributed by atoms with Crippen molar-refractivity contribution >= 4 is 40.1 Å². The molecule has 1 aliphatic carbocycles. The number of carboxylic acids is 1. The zero-order valence-electron chi connectivity index (χ0n) is 17.5. The molecule has 4 rings (SSSR count). The summed E-state index contributed by atoms with van der Waals surface area (Å²) in [6.45, 7) is 3.01. The molecule has 0 saturated heterocycles. The Balaban J connectivity index is 1.48. The number of nitrogens with one attached hydrogen (secondary N) is 1. The molecule has 0 bridgehead atoms. The number of fused-ring (bicyclic) bond motifs is 1. The van der Waals surface area contributed by atoms with Gasteiger partial charge in [-0.2, -0.15) is 0 Å². The number of aryl methyl sites for hydroxylation is 1. The van der Waals surface area contributed by atoms with Gasteiger partial charge in [0.25, 0.3) is 0 Å². The van der Waals surface area contributed by atoms with Crippen molar-refractivity contribution in [2.75, 3.05) is 13.2 Å². The average molecular weight is 476 g/mol. The zero-order chi connectivity index (χ0) is 22.8. The van der Waals surface area contributed by atoms with Gasteiger partial charge in [-0.3, -0.25) is 9.59 Å².